The van der Waals surface area contributed by atoms with Crippen LogP contribution in [0.1, 0.15) is 51.9 Å². The predicted octanol–water partition coefficient (Wildman–Crippen LogP) is 4.20. The first kappa shape index (κ1) is 21.2. The molecule has 3 aromatic rings. The molecule has 0 unspecified atom stereocenters. The Bertz CT molecular complexity index is 1260. The fourth-order valence-corrected chi connectivity index (χ4v) is 4.51. The van der Waals surface area contributed by atoms with Crippen molar-refractivity contribution in [2.75, 3.05) is 25.2 Å². The van der Waals surface area contributed by atoms with E-state index in [1.807, 2.05) is 31.2 Å². The maximum atomic E-state index is 14.5. The molecule has 0 saturated heterocycles. The molecular formula is C25H24FN3O4. The average molecular weight is 449 g/mol. The number of hydrogen-bond acceptors (Lipinski definition) is 5. The summed E-state index contributed by atoms with van der Waals surface area (Å²) in [5.41, 5.74) is 2.81. The topological polar surface area (TPSA) is 73.7 Å². The van der Waals surface area contributed by atoms with E-state index in [2.05, 4.69) is 5.10 Å². The quantitative estimate of drug-likeness (QED) is 0.546. The second-order valence-electron chi connectivity index (χ2n) is 8.53. The van der Waals surface area contributed by atoms with Gasteiger partial charge < -0.3 is 14.4 Å². The molecule has 0 radical (unpaired) electrons. The Morgan fingerprint density at radius 3 is 2.45 bits per heavy atom. The number of aryl methyl sites for hydroxylation is 1. The number of rotatable bonds is 5. The summed E-state index contributed by atoms with van der Waals surface area (Å²) in [5, 5.41) is 4.49. The number of ether oxygens (including phenoxy) is 2. The molecule has 1 amide bonds. The van der Waals surface area contributed by atoms with Crippen molar-refractivity contribution in [2.45, 2.75) is 32.1 Å². The van der Waals surface area contributed by atoms with Gasteiger partial charge >= 0.3 is 5.97 Å². The Kier molecular flexibility index (Phi) is 4.96. The third-order valence-corrected chi connectivity index (χ3v) is 6.37. The molecule has 7 nitrogen and oxygen atoms in total. The number of fused-ring (bicyclic) bond motifs is 2. The summed E-state index contributed by atoms with van der Waals surface area (Å²) in [5.74, 6) is -1.37. The van der Waals surface area contributed by atoms with Crippen molar-refractivity contribution in [3.63, 3.8) is 0 Å². The standard InChI is InChI=1S/C25H24FN3O4/c1-4-33-24(31)21-20-22(29(27-21)17-9-10-19(32-3)18(26)13-17)23(30)28(14-25(20)11-12-25)16-7-5-15(2)6-8-16/h5-10,13H,4,11-12,14H2,1-3H3. The molecule has 1 aliphatic heterocycles. The zero-order valence-corrected chi connectivity index (χ0v) is 18.7. The van der Waals surface area contributed by atoms with E-state index in [0.717, 1.165) is 24.1 Å². The number of benzene rings is 2. The summed E-state index contributed by atoms with van der Waals surface area (Å²) in [6.07, 6.45) is 1.65. The summed E-state index contributed by atoms with van der Waals surface area (Å²) in [7, 11) is 1.38. The summed E-state index contributed by atoms with van der Waals surface area (Å²) in [6.45, 7) is 4.35. The number of anilines is 1. The van der Waals surface area contributed by atoms with Crippen LogP contribution in [0, 0.1) is 12.7 Å². The zero-order chi connectivity index (χ0) is 23.3. The molecule has 0 atom stereocenters. The fraction of sp³-hybridized carbons (Fsp3) is 0.320. The Morgan fingerprint density at radius 1 is 1.15 bits per heavy atom. The zero-order valence-electron chi connectivity index (χ0n) is 18.7. The lowest BCUT2D eigenvalue weighted by Crippen LogP contribution is -2.44. The maximum absolute atomic E-state index is 14.5. The van der Waals surface area contributed by atoms with Crippen LogP contribution < -0.4 is 9.64 Å². The number of nitrogens with zero attached hydrogens (tertiary/aromatic N) is 3. The van der Waals surface area contributed by atoms with Crippen LogP contribution in [-0.4, -0.2) is 41.9 Å². The van der Waals surface area contributed by atoms with Crippen LogP contribution >= 0.6 is 0 Å². The number of carbonyl (C=O) groups excluding carboxylic acids is 2. The highest BCUT2D eigenvalue weighted by Crippen LogP contribution is 2.54. The summed E-state index contributed by atoms with van der Waals surface area (Å²) >= 11 is 0. The van der Waals surface area contributed by atoms with E-state index >= 15 is 0 Å². The van der Waals surface area contributed by atoms with Gasteiger partial charge in [-0.2, -0.15) is 5.10 Å². The number of amides is 1. The highest BCUT2D eigenvalue weighted by Gasteiger charge is 2.56. The van der Waals surface area contributed by atoms with E-state index in [1.165, 1.54) is 23.9 Å². The summed E-state index contributed by atoms with van der Waals surface area (Å²) in [6, 6.07) is 12.1. The van der Waals surface area contributed by atoms with Gasteiger partial charge in [0.15, 0.2) is 17.3 Å². The number of carbonyl (C=O) groups is 2. The van der Waals surface area contributed by atoms with E-state index < -0.39 is 11.8 Å². The number of esters is 1. The number of hydrogen-bond donors (Lipinski definition) is 0. The minimum absolute atomic E-state index is 0.0802. The van der Waals surface area contributed by atoms with Gasteiger partial charge in [-0.15, -0.1) is 0 Å². The summed E-state index contributed by atoms with van der Waals surface area (Å²) < 4.78 is 26.2. The van der Waals surface area contributed by atoms with Crippen LogP contribution in [0.5, 0.6) is 5.75 Å². The number of halogens is 1. The van der Waals surface area contributed by atoms with Crippen LogP contribution in [0.2, 0.25) is 0 Å². The second kappa shape index (κ2) is 7.72. The second-order valence-corrected chi connectivity index (χ2v) is 8.53. The largest absolute Gasteiger partial charge is 0.494 e. The molecule has 2 aromatic carbocycles. The van der Waals surface area contributed by atoms with Gasteiger partial charge in [0.2, 0.25) is 0 Å². The molecule has 2 aliphatic rings. The van der Waals surface area contributed by atoms with Crippen LogP contribution in [0.4, 0.5) is 10.1 Å². The van der Waals surface area contributed by atoms with E-state index in [9.17, 15) is 14.0 Å². The monoisotopic (exact) mass is 449 g/mol. The van der Waals surface area contributed by atoms with Crippen LogP contribution in [0.25, 0.3) is 5.69 Å². The molecule has 1 saturated carbocycles. The van der Waals surface area contributed by atoms with Gasteiger partial charge in [0, 0.05) is 29.3 Å². The molecule has 1 spiro atoms. The third-order valence-electron chi connectivity index (χ3n) is 6.37. The molecule has 5 rings (SSSR count). The third kappa shape index (κ3) is 3.37. The van der Waals surface area contributed by atoms with Gasteiger partial charge in [0.05, 0.1) is 19.4 Å². The molecular weight excluding hydrogens is 425 g/mol. The molecule has 170 valence electrons. The first-order chi connectivity index (χ1) is 15.9. The first-order valence-electron chi connectivity index (χ1n) is 10.9. The van der Waals surface area contributed by atoms with Gasteiger partial charge in [0.25, 0.3) is 5.91 Å². The van der Waals surface area contributed by atoms with E-state index in [0.29, 0.717) is 17.8 Å². The highest BCUT2D eigenvalue weighted by molar-refractivity contribution is 6.10. The Balaban J connectivity index is 1.71. The van der Waals surface area contributed by atoms with Gasteiger partial charge in [-0.25, -0.2) is 13.9 Å². The van der Waals surface area contributed by atoms with Crippen LogP contribution in [-0.2, 0) is 10.2 Å². The predicted molar refractivity (Wildman–Crippen MR) is 120 cm³/mol. The molecule has 2 heterocycles. The molecule has 0 N–H and O–H groups in total. The summed E-state index contributed by atoms with van der Waals surface area (Å²) in [4.78, 5) is 28.4. The molecule has 0 bridgehead atoms. The molecule has 8 heteroatoms. The number of aromatic nitrogens is 2. The molecule has 33 heavy (non-hydrogen) atoms. The van der Waals surface area contributed by atoms with Crippen molar-refractivity contribution in [3.8, 4) is 11.4 Å². The van der Waals surface area contributed by atoms with Crippen molar-refractivity contribution in [2.24, 2.45) is 0 Å². The van der Waals surface area contributed by atoms with E-state index in [4.69, 9.17) is 9.47 Å². The average Bonchev–Trinajstić information content (AvgIpc) is 3.45. The van der Waals surface area contributed by atoms with Gasteiger partial charge in [-0.3, -0.25) is 4.79 Å². The first-order valence-corrected chi connectivity index (χ1v) is 10.9. The maximum Gasteiger partial charge on any atom is 0.359 e. The normalized spacial score (nSPS) is 16.0. The molecule has 1 aromatic heterocycles. The van der Waals surface area contributed by atoms with Crippen molar-refractivity contribution in [3.05, 3.63) is 70.8 Å². The minimum atomic E-state index is -0.586. The van der Waals surface area contributed by atoms with Crippen molar-refractivity contribution >= 4 is 17.6 Å². The Hall–Kier alpha value is -3.68. The van der Waals surface area contributed by atoms with Gasteiger partial charge in [0.1, 0.15) is 5.69 Å². The fourth-order valence-electron chi connectivity index (χ4n) is 4.51. The molecule has 1 aliphatic carbocycles. The highest BCUT2D eigenvalue weighted by atomic mass is 19.1. The lowest BCUT2D eigenvalue weighted by molar-refractivity contribution is 0.0516. The number of methoxy groups -OCH3 is 1. The Labute approximate surface area is 190 Å². The van der Waals surface area contributed by atoms with Gasteiger partial charge in [-0.05, 0) is 51.0 Å². The minimum Gasteiger partial charge on any atom is -0.494 e. The van der Waals surface area contributed by atoms with Gasteiger partial charge in [-0.1, -0.05) is 17.7 Å². The van der Waals surface area contributed by atoms with Crippen molar-refractivity contribution < 1.29 is 23.5 Å². The van der Waals surface area contributed by atoms with Crippen molar-refractivity contribution in [1.29, 1.82) is 0 Å². The van der Waals surface area contributed by atoms with Crippen LogP contribution in [0.15, 0.2) is 42.5 Å². The molecule has 1 fully saturated rings. The van der Waals surface area contributed by atoms with E-state index in [-0.39, 0.29) is 35.1 Å². The van der Waals surface area contributed by atoms with Crippen molar-refractivity contribution in [1.82, 2.24) is 9.78 Å². The SMILES string of the molecule is CCOC(=O)c1nn(-c2ccc(OC)c(F)c2)c2c1C1(CC1)CN(c1ccc(C)cc1)C2=O. The lowest BCUT2D eigenvalue weighted by atomic mass is 9.88. The smallest absolute Gasteiger partial charge is 0.359 e. The van der Waals surface area contributed by atoms with Crippen LogP contribution in [0.3, 0.4) is 0 Å². The van der Waals surface area contributed by atoms with E-state index in [1.54, 1.807) is 17.9 Å². The lowest BCUT2D eigenvalue weighted by Gasteiger charge is -2.33. The Morgan fingerprint density at radius 2 is 1.85 bits per heavy atom.